The average Bonchev–Trinajstić information content (AvgIpc) is 2.66. The van der Waals surface area contributed by atoms with Crippen LogP contribution in [0, 0.1) is 0 Å². The molecule has 0 aliphatic carbocycles. The van der Waals surface area contributed by atoms with Crippen LogP contribution in [0.5, 0.6) is 23.0 Å². The van der Waals surface area contributed by atoms with E-state index in [0.29, 0.717) is 24.7 Å². The molecule has 136 valence electrons. The van der Waals surface area contributed by atoms with E-state index in [1.165, 1.54) is 0 Å². The van der Waals surface area contributed by atoms with Crippen LogP contribution in [-0.4, -0.2) is 34.5 Å². The summed E-state index contributed by atoms with van der Waals surface area (Å²) in [6.07, 6.45) is 0.749. The summed E-state index contributed by atoms with van der Waals surface area (Å²) in [6.45, 7) is 3.06. The maximum absolute atomic E-state index is 6.07. The van der Waals surface area contributed by atoms with Gasteiger partial charge in [-0.05, 0) is 49.2 Å². The fraction of sp³-hybridized carbons (Fsp3) is 0.400. The van der Waals surface area contributed by atoms with Crippen molar-refractivity contribution in [2.45, 2.75) is 19.3 Å². The third-order valence-corrected chi connectivity index (χ3v) is 4.20. The highest BCUT2D eigenvalue weighted by Crippen LogP contribution is 2.36. The number of methoxy groups -OCH3 is 3. The molecular formula is C20H27NO4. The molecule has 5 nitrogen and oxygen atoms in total. The zero-order chi connectivity index (χ0) is 18.2. The molecule has 2 N–H and O–H groups in total. The predicted octanol–water partition coefficient (Wildman–Crippen LogP) is 3.40. The molecule has 2 aromatic carbocycles. The Bertz CT molecular complexity index is 687. The van der Waals surface area contributed by atoms with Crippen molar-refractivity contribution in [3.05, 3.63) is 47.5 Å². The van der Waals surface area contributed by atoms with Gasteiger partial charge in [0.2, 0.25) is 0 Å². The molecule has 0 radical (unpaired) electrons. The van der Waals surface area contributed by atoms with Gasteiger partial charge in [0.05, 0.1) is 27.9 Å². The maximum atomic E-state index is 6.07. The Hall–Kier alpha value is -2.40. The lowest BCUT2D eigenvalue weighted by Gasteiger charge is -2.20. The highest BCUT2D eigenvalue weighted by molar-refractivity contribution is 5.48. The van der Waals surface area contributed by atoms with Crippen molar-refractivity contribution >= 4 is 0 Å². The normalized spacial score (nSPS) is 11.7. The summed E-state index contributed by atoms with van der Waals surface area (Å²) in [7, 11) is 4.91. The van der Waals surface area contributed by atoms with E-state index in [-0.39, 0.29) is 5.92 Å². The van der Waals surface area contributed by atoms with Crippen LogP contribution in [0.1, 0.15) is 24.0 Å². The fourth-order valence-corrected chi connectivity index (χ4v) is 2.90. The Morgan fingerprint density at radius 3 is 2.24 bits per heavy atom. The molecule has 5 heteroatoms. The van der Waals surface area contributed by atoms with Crippen molar-refractivity contribution in [3.8, 4) is 23.0 Å². The third-order valence-electron chi connectivity index (χ3n) is 4.20. The van der Waals surface area contributed by atoms with Crippen LogP contribution in [0.15, 0.2) is 36.4 Å². The van der Waals surface area contributed by atoms with Crippen LogP contribution in [0.4, 0.5) is 0 Å². The van der Waals surface area contributed by atoms with E-state index in [2.05, 4.69) is 6.07 Å². The second-order valence-corrected chi connectivity index (χ2v) is 5.63. The lowest BCUT2D eigenvalue weighted by Crippen LogP contribution is -2.16. The van der Waals surface area contributed by atoms with Gasteiger partial charge in [0.25, 0.3) is 0 Å². The molecule has 0 amide bonds. The van der Waals surface area contributed by atoms with Crippen LogP contribution in [0.3, 0.4) is 0 Å². The van der Waals surface area contributed by atoms with Gasteiger partial charge in [0.1, 0.15) is 0 Å². The number of ether oxygens (including phenoxy) is 4. The first-order valence-electron chi connectivity index (χ1n) is 8.39. The number of hydrogen-bond acceptors (Lipinski definition) is 5. The smallest absolute Gasteiger partial charge is 0.164 e. The summed E-state index contributed by atoms with van der Waals surface area (Å²) in [4.78, 5) is 0. The Morgan fingerprint density at radius 1 is 0.920 bits per heavy atom. The third kappa shape index (κ3) is 4.37. The van der Waals surface area contributed by atoms with Crippen molar-refractivity contribution < 1.29 is 18.9 Å². The summed E-state index contributed by atoms with van der Waals surface area (Å²) >= 11 is 0. The minimum atomic E-state index is 0.131. The number of hydrogen-bond donors (Lipinski definition) is 1. The Morgan fingerprint density at radius 2 is 1.64 bits per heavy atom. The monoisotopic (exact) mass is 345 g/mol. The first kappa shape index (κ1) is 18.9. The summed E-state index contributed by atoms with van der Waals surface area (Å²) in [5.74, 6) is 3.06. The fourth-order valence-electron chi connectivity index (χ4n) is 2.90. The van der Waals surface area contributed by atoms with Crippen molar-refractivity contribution in [1.82, 2.24) is 0 Å². The summed E-state index contributed by atoms with van der Waals surface area (Å²) in [5, 5.41) is 0. The minimum Gasteiger partial charge on any atom is -0.493 e. The van der Waals surface area contributed by atoms with E-state index in [9.17, 15) is 0 Å². The summed E-state index contributed by atoms with van der Waals surface area (Å²) in [5.41, 5.74) is 8.24. The van der Waals surface area contributed by atoms with Gasteiger partial charge < -0.3 is 24.7 Å². The molecule has 1 atom stereocenters. The van der Waals surface area contributed by atoms with E-state index in [1.54, 1.807) is 21.3 Å². The molecule has 0 saturated carbocycles. The van der Waals surface area contributed by atoms with Crippen LogP contribution in [-0.2, 0) is 6.42 Å². The van der Waals surface area contributed by atoms with E-state index >= 15 is 0 Å². The Labute approximate surface area is 149 Å². The second kappa shape index (κ2) is 9.18. The maximum Gasteiger partial charge on any atom is 0.164 e. The quantitative estimate of drug-likeness (QED) is 0.755. The molecule has 0 spiro atoms. The SMILES string of the molecule is CCOc1c(CC(CN)c2ccc(OC)c(OC)c2)cccc1OC. The van der Waals surface area contributed by atoms with Gasteiger partial charge in [-0.2, -0.15) is 0 Å². The van der Waals surface area contributed by atoms with Crippen LogP contribution < -0.4 is 24.7 Å². The minimum absolute atomic E-state index is 0.131. The van der Waals surface area contributed by atoms with Crippen molar-refractivity contribution in [3.63, 3.8) is 0 Å². The standard InChI is InChI=1S/C20H27NO4/c1-5-25-20-15(7-6-8-18(20)23-3)11-16(13-21)14-9-10-17(22-2)19(12-14)24-4/h6-10,12,16H,5,11,13,21H2,1-4H3. The van der Waals surface area contributed by atoms with E-state index in [4.69, 9.17) is 24.7 Å². The molecule has 2 aromatic rings. The first-order chi connectivity index (χ1) is 12.2. The van der Waals surface area contributed by atoms with Gasteiger partial charge in [-0.25, -0.2) is 0 Å². The molecule has 25 heavy (non-hydrogen) atoms. The number of para-hydroxylation sites is 1. The highest BCUT2D eigenvalue weighted by Gasteiger charge is 2.18. The van der Waals surface area contributed by atoms with Gasteiger partial charge in [0, 0.05) is 5.92 Å². The van der Waals surface area contributed by atoms with Gasteiger partial charge in [-0.3, -0.25) is 0 Å². The molecular weight excluding hydrogens is 318 g/mol. The molecule has 0 fully saturated rings. The Balaban J connectivity index is 2.34. The molecule has 0 saturated heterocycles. The predicted molar refractivity (Wildman–Crippen MR) is 99.2 cm³/mol. The molecule has 0 bridgehead atoms. The molecule has 0 heterocycles. The first-order valence-corrected chi connectivity index (χ1v) is 8.39. The van der Waals surface area contributed by atoms with Gasteiger partial charge in [-0.1, -0.05) is 18.2 Å². The van der Waals surface area contributed by atoms with Crippen molar-refractivity contribution in [2.75, 3.05) is 34.5 Å². The second-order valence-electron chi connectivity index (χ2n) is 5.63. The van der Waals surface area contributed by atoms with Gasteiger partial charge in [0.15, 0.2) is 23.0 Å². The van der Waals surface area contributed by atoms with E-state index in [1.807, 2.05) is 37.3 Å². The average molecular weight is 345 g/mol. The largest absolute Gasteiger partial charge is 0.493 e. The lowest BCUT2D eigenvalue weighted by molar-refractivity contribution is 0.307. The molecule has 0 aliphatic rings. The van der Waals surface area contributed by atoms with Crippen molar-refractivity contribution in [1.29, 1.82) is 0 Å². The topological polar surface area (TPSA) is 62.9 Å². The molecule has 0 aromatic heterocycles. The lowest BCUT2D eigenvalue weighted by atomic mass is 9.91. The zero-order valence-corrected chi connectivity index (χ0v) is 15.4. The van der Waals surface area contributed by atoms with E-state index in [0.717, 1.165) is 29.0 Å². The molecule has 1 unspecified atom stereocenters. The van der Waals surface area contributed by atoms with Gasteiger partial charge >= 0.3 is 0 Å². The van der Waals surface area contributed by atoms with Crippen LogP contribution >= 0.6 is 0 Å². The van der Waals surface area contributed by atoms with Crippen molar-refractivity contribution in [2.24, 2.45) is 5.73 Å². The van der Waals surface area contributed by atoms with E-state index < -0.39 is 0 Å². The summed E-state index contributed by atoms with van der Waals surface area (Å²) in [6, 6.07) is 11.8. The molecule has 2 rings (SSSR count). The number of nitrogens with two attached hydrogens (primary N) is 1. The summed E-state index contributed by atoms with van der Waals surface area (Å²) < 4.78 is 22.0. The highest BCUT2D eigenvalue weighted by atomic mass is 16.5. The Kier molecular flexibility index (Phi) is 6.95. The molecule has 0 aliphatic heterocycles. The van der Waals surface area contributed by atoms with Gasteiger partial charge in [-0.15, -0.1) is 0 Å². The van der Waals surface area contributed by atoms with Crippen LogP contribution in [0.25, 0.3) is 0 Å². The number of rotatable bonds is 9. The zero-order valence-electron chi connectivity index (χ0n) is 15.4. The van der Waals surface area contributed by atoms with Crippen LogP contribution in [0.2, 0.25) is 0 Å². The number of benzene rings is 2.